The normalized spacial score (nSPS) is 11.0. The average Bonchev–Trinajstić information content (AvgIpc) is 2.57. The van der Waals surface area contributed by atoms with Crippen LogP contribution in [0.2, 0.25) is 0 Å². The SMILES string of the molecule is C=C(CS(=O)(=O)c1ccc(Oc2ccc(C)c(C)c2)cc1)C(=O)OC. The van der Waals surface area contributed by atoms with Crippen LogP contribution in [-0.2, 0) is 19.4 Å². The van der Waals surface area contributed by atoms with Crippen LogP contribution in [0.25, 0.3) is 0 Å². The van der Waals surface area contributed by atoms with E-state index in [2.05, 4.69) is 11.3 Å². The highest BCUT2D eigenvalue weighted by atomic mass is 32.2. The summed E-state index contributed by atoms with van der Waals surface area (Å²) in [7, 11) is -2.49. The van der Waals surface area contributed by atoms with E-state index in [4.69, 9.17) is 4.74 Å². The number of methoxy groups -OCH3 is 1. The molecule has 132 valence electrons. The van der Waals surface area contributed by atoms with Crippen molar-refractivity contribution in [2.24, 2.45) is 0 Å². The second-order valence-corrected chi connectivity index (χ2v) is 7.66. The number of carbonyl (C=O) groups is 1. The van der Waals surface area contributed by atoms with E-state index in [1.807, 2.05) is 32.0 Å². The number of esters is 1. The first-order valence-electron chi connectivity index (χ1n) is 7.57. The van der Waals surface area contributed by atoms with E-state index in [-0.39, 0.29) is 10.5 Å². The zero-order valence-corrected chi connectivity index (χ0v) is 15.2. The average molecular weight is 360 g/mol. The number of sulfone groups is 1. The highest BCUT2D eigenvalue weighted by Crippen LogP contribution is 2.25. The minimum atomic E-state index is -3.67. The Kier molecular flexibility index (Phi) is 5.64. The fourth-order valence-electron chi connectivity index (χ4n) is 2.14. The molecule has 6 heteroatoms. The highest BCUT2D eigenvalue weighted by molar-refractivity contribution is 7.91. The Balaban J connectivity index is 2.14. The van der Waals surface area contributed by atoms with Crippen molar-refractivity contribution in [2.45, 2.75) is 18.7 Å². The first kappa shape index (κ1) is 18.7. The number of aryl methyl sites for hydroxylation is 2. The maximum atomic E-state index is 12.3. The molecular weight excluding hydrogens is 340 g/mol. The van der Waals surface area contributed by atoms with Gasteiger partial charge in [-0.1, -0.05) is 12.6 Å². The number of ether oxygens (including phenoxy) is 2. The molecule has 0 N–H and O–H groups in total. The smallest absolute Gasteiger partial charge is 0.334 e. The summed E-state index contributed by atoms with van der Waals surface area (Å²) >= 11 is 0. The van der Waals surface area contributed by atoms with Crippen molar-refractivity contribution in [3.8, 4) is 11.5 Å². The zero-order valence-electron chi connectivity index (χ0n) is 14.4. The van der Waals surface area contributed by atoms with Gasteiger partial charge in [0.25, 0.3) is 0 Å². The molecule has 2 aromatic rings. The molecule has 0 fully saturated rings. The summed E-state index contributed by atoms with van der Waals surface area (Å²) in [5.41, 5.74) is 2.16. The van der Waals surface area contributed by atoms with Crippen LogP contribution in [0.5, 0.6) is 11.5 Å². The van der Waals surface area contributed by atoms with E-state index in [9.17, 15) is 13.2 Å². The molecule has 0 bridgehead atoms. The Morgan fingerprint density at radius 2 is 1.60 bits per heavy atom. The van der Waals surface area contributed by atoms with Gasteiger partial charge in [0.15, 0.2) is 9.84 Å². The minimum Gasteiger partial charge on any atom is -0.466 e. The number of benzene rings is 2. The lowest BCUT2D eigenvalue weighted by molar-refractivity contribution is -0.135. The van der Waals surface area contributed by atoms with Crippen molar-refractivity contribution in [2.75, 3.05) is 12.9 Å². The van der Waals surface area contributed by atoms with E-state index in [0.717, 1.165) is 5.56 Å². The summed E-state index contributed by atoms with van der Waals surface area (Å²) in [5.74, 6) is -0.0261. The number of hydrogen-bond donors (Lipinski definition) is 0. The lowest BCUT2D eigenvalue weighted by Gasteiger charge is -2.09. The van der Waals surface area contributed by atoms with Crippen LogP contribution in [0.4, 0.5) is 0 Å². The van der Waals surface area contributed by atoms with Crippen molar-refractivity contribution in [1.29, 1.82) is 0 Å². The van der Waals surface area contributed by atoms with E-state index in [1.165, 1.54) is 24.8 Å². The van der Waals surface area contributed by atoms with Gasteiger partial charge in [-0.05, 0) is 61.4 Å². The fraction of sp³-hybridized carbons (Fsp3) is 0.211. The van der Waals surface area contributed by atoms with Gasteiger partial charge in [0, 0.05) is 5.57 Å². The molecule has 5 nitrogen and oxygen atoms in total. The molecular formula is C19H20O5S. The minimum absolute atomic E-state index is 0.0880. The van der Waals surface area contributed by atoms with E-state index in [0.29, 0.717) is 11.5 Å². The molecule has 0 unspecified atom stereocenters. The van der Waals surface area contributed by atoms with Crippen LogP contribution >= 0.6 is 0 Å². The lowest BCUT2D eigenvalue weighted by atomic mass is 10.1. The molecule has 25 heavy (non-hydrogen) atoms. The Hall–Kier alpha value is -2.60. The summed E-state index contributed by atoms with van der Waals surface area (Å²) in [6, 6.07) is 11.8. The predicted molar refractivity (Wildman–Crippen MR) is 95.6 cm³/mol. The molecule has 0 aromatic heterocycles. The largest absolute Gasteiger partial charge is 0.466 e. The number of rotatable bonds is 6. The monoisotopic (exact) mass is 360 g/mol. The first-order chi connectivity index (χ1) is 11.7. The molecule has 0 amide bonds. The van der Waals surface area contributed by atoms with Crippen LogP contribution < -0.4 is 4.74 Å². The molecule has 0 spiro atoms. The highest BCUT2D eigenvalue weighted by Gasteiger charge is 2.20. The van der Waals surface area contributed by atoms with Crippen molar-refractivity contribution in [1.82, 2.24) is 0 Å². The van der Waals surface area contributed by atoms with Crippen molar-refractivity contribution in [3.05, 3.63) is 65.7 Å². The molecule has 0 saturated heterocycles. The first-order valence-corrected chi connectivity index (χ1v) is 9.22. The van der Waals surface area contributed by atoms with Gasteiger partial charge in [-0.15, -0.1) is 0 Å². The van der Waals surface area contributed by atoms with Gasteiger partial charge in [-0.2, -0.15) is 0 Å². The third-order valence-electron chi connectivity index (χ3n) is 3.74. The van der Waals surface area contributed by atoms with Gasteiger partial charge >= 0.3 is 5.97 Å². The summed E-state index contributed by atoms with van der Waals surface area (Å²) in [4.78, 5) is 11.4. The third-order valence-corrected chi connectivity index (χ3v) is 5.45. The number of carbonyl (C=O) groups excluding carboxylic acids is 1. The molecule has 2 aromatic carbocycles. The van der Waals surface area contributed by atoms with Gasteiger partial charge in [-0.25, -0.2) is 13.2 Å². The summed E-state index contributed by atoms with van der Waals surface area (Å²) in [6.45, 7) is 7.45. The number of hydrogen-bond acceptors (Lipinski definition) is 5. The van der Waals surface area contributed by atoms with Gasteiger partial charge in [0.1, 0.15) is 11.5 Å². The summed E-state index contributed by atoms with van der Waals surface area (Å²) in [6.07, 6.45) is 0. The molecule has 0 radical (unpaired) electrons. The second kappa shape index (κ2) is 7.53. The molecule has 0 saturated carbocycles. The van der Waals surface area contributed by atoms with Gasteiger partial charge in [0.05, 0.1) is 17.8 Å². The van der Waals surface area contributed by atoms with Gasteiger partial charge in [0.2, 0.25) is 0 Å². The van der Waals surface area contributed by atoms with Gasteiger partial charge in [-0.3, -0.25) is 0 Å². The standard InChI is InChI=1S/C19H20O5S/c1-13-5-6-17(11-14(13)2)24-16-7-9-18(10-8-16)25(21,22)12-15(3)19(20)23-4/h5-11H,3,12H2,1-2,4H3. The topological polar surface area (TPSA) is 69.7 Å². The molecule has 0 heterocycles. The van der Waals surface area contributed by atoms with Crippen molar-refractivity contribution < 1.29 is 22.7 Å². The van der Waals surface area contributed by atoms with Crippen LogP contribution in [0.3, 0.4) is 0 Å². The zero-order chi connectivity index (χ0) is 18.6. The summed E-state index contributed by atoms with van der Waals surface area (Å²) in [5, 5.41) is 0. The van der Waals surface area contributed by atoms with E-state index in [1.54, 1.807) is 12.1 Å². The molecule has 0 atom stereocenters. The molecule has 0 aliphatic carbocycles. The van der Waals surface area contributed by atoms with Crippen LogP contribution in [-0.4, -0.2) is 27.2 Å². The lowest BCUT2D eigenvalue weighted by Crippen LogP contribution is -2.15. The van der Waals surface area contributed by atoms with Crippen molar-refractivity contribution >= 4 is 15.8 Å². The second-order valence-electron chi connectivity index (χ2n) is 5.67. The Morgan fingerprint density at radius 3 is 2.16 bits per heavy atom. The van der Waals surface area contributed by atoms with E-state index < -0.39 is 21.6 Å². The maximum absolute atomic E-state index is 12.3. The van der Waals surface area contributed by atoms with Gasteiger partial charge < -0.3 is 9.47 Å². The molecule has 0 aliphatic heterocycles. The quantitative estimate of drug-likeness (QED) is 0.581. The fourth-order valence-corrected chi connectivity index (χ4v) is 3.44. The molecule has 2 rings (SSSR count). The van der Waals surface area contributed by atoms with Crippen LogP contribution in [0.1, 0.15) is 11.1 Å². The van der Waals surface area contributed by atoms with Crippen LogP contribution in [0.15, 0.2) is 59.5 Å². The maximum Gasteiger partial charge on any atom is 0.334 e. The molecule has 0 aliphatic rings. The predicted octanol–water partition coefficient (Wildman–Crippen LogP) is 3.60. The summed E-state index contributed by atoms with van der Waals surface area (Å²) < 4.78 is 34.8. The third kappa shape index (κ3) is 4.70. The van der Waals surface area contributed by atoms with Crippen molar-refractivity contribution in [3.63, 3.8) is 0 Å². The van der Waals surface area contributed by atoms with E-state index >= 15 is 0 Å². The Labute approximate surface area is 147 Å². The van der Waals surface area contributed by atoms with Crippen LogP contribution in [0, 0.1) is 13.8 Å². The Bertz CT molecular complexity index is 896. The Morgan fingerprint density at radius 1 is 1.00 bits per heavy atom.